The molecular weight excluding hydrogens is 424 g/mol. The Hall–Kier alpha value is -3.39. The third kappa shape index (κ3) is 5.01. The third-order valence-electron chi connectivity index (χ3n) is 6.50. The Labute approximate surface area is 192 Å². The van der Waals surface area contributed by atoms with Crippen LogP contribution >= 0.6 is 0 Å². The number of hydrogen-bond acceptors (Lipinski definition) is 5. The smallest absolute Gasteiger partial charge is 0.407 e. The zero-order valence-corrected chi connectivity index (χ0v) is 18.2. The number of carboxylic acid groups (broad SMARTS) is 1. The molecule has 3 atom stereocenters. The molecule has 8 nitrogen and oxygen atoms in total. The van der Waals surface area contributed by atoms with E-state index in [4.69, 9.17) is 9.84 Å². The maximum Gasteiger partial charge on any atom is 0.407 e. The molecule has 2 aliphatic rings. The van der Waals surface area contributed by atoms with E-state index in [1.165, 1.54) is 0 Å². The summed E-state index contributed by atoms with van der Waals surface area (Å²) in [7, 11) is 0. The predicted molar refractivity (Wildman–Crippen MR) is 121 cm³/mol. The van der Waals surface area contributed by atoms with Crippen LogP contribution in [0.2, 0.25) is 0 Å². The van der Waals surface area contributed by atoms with Gasteiger partial charge in [-0.1, -0.05) is 55.0 Å². The molecule has 1 fully saturated rings. The SMILES string of the molecule is O=C(N[C@H]1CCC[C@H]1C(=O)NCCC(O)C(=O)O)OCC1c2ccccc2-c2ccccc21. The summed E-state index contributed by atoms with van der Waals surface area (Å²) in [5.41, 5.74) is 4.58. The zero-order valence-electron chi connectivity index (χ0n) is 18.2. The van der Waals surface area contributed by atoms with Crippen molar-refractivity contribution in [2.24, 2.45) is 5.92 Å². The maximum atomic E-state index is 12.6. The lowest BCUT2D eigenvalue weighted by molar-refractivity contribution is -0.147. The molecule has 1 saturated carbocycles. The molecule has 0 aromatic heterocycles. The van der Waals surface area contributed by atoms with Gasteiger partial charge in [-0.2, -0.15) is 0 Å². The predicted octanol–water partition coefficient (Wildman–Crippen LogP) is 2.65. The Morgan fingerprint density at radius 1 is 1.00 bits per heavy atom. The Bertz CT molecular complexity index is 994. The molecule has 174 valence electrons. The van der Waals surface area contributed by atoms with Crippen molar-refractivity contribution in [1.82, 2.24) is 10.6 Å². The Morgan fingerprint density at radius 3 is 2.27 bits per heavy atom. The van der Waals surface area contributed by atoms with Crippen LogP contribution < -0.4 is 10.6 Å². The average molecular weight is 453 g/mol. The van der Waals surface area contributed by atoms with E-state index in [9.17, 15) is 19.5 Å². The topological polar surface area (TPSA) is 125 Å². The second kappa shape index (κ2) is 10.0. The Kier molecular flexibility index (Phi) is 6.93. The lowest BCUT2D eigenvalue weighted by atomic mass is 9.98. The summed E-state index contributed by atoms with van der Waals surface area (Å²) >= 11 is 0. The van der Waals surface area contributed by atoms with Crippen molar-refractivity contribution in [3.63, 3.8) is 0 Å². The highest BCUT2D eigenvalue weighted by molar-refractivity contribution is 5.81. The van der Waals surface area contributed by atoms with E-state index in [1.54, 1.807) is 0 Å². The summed E-state index contributed by atoms with van der Waals surface area (Å²) in [5, 5.41) is 23.5. The van der Waals surface area contributed by atoms with Gasteiger partial charge in [0.2, 0.25) is 5.91 Å². The number of aliphatic hydroxyl groups excluding tert-OH is 1. The van der Waals surface area contributed by atoms with E-state index in [1.807, 2.05) is 24.3 Å². The highest BCUT2D eigenvalue weighted by atomic mass is 16.5. The van der Waals surface area contributed by atoms with Gasteiger partial charge in [-0.3, -0.25) is 4.79 Å². The van der Waals surface area contributed by atoms with Gasteiger partial charge in [0.15, 0.2) is 6.10 Å². The lowest BCUT2D eigenvalue weighted by Crippen LogP contribution is -2.45. The van der Waals surface area contributed by atoms with Crippen molar-refractivity contribution in [2.45, 2.75) is 43.7 Å². The summed E-state index contributed by atoms with van der Waals surface area (Å²) in [6.45, 7) is 0.261. The molecular formula is C25H28N2O6. The van der Waals surface area contributed by atoms with Crippen LogP contribution in [-0.4, -0.2) is 53.5 Å². The van der Waals surface area contributed by atoms with Gasteiger partial charge in [-0.05, 0) is 35.1 Å². The molecule has 0 bridgehead atoms. The largest absolute Gasteiger partial charge is 0.479 e. The van der Waals surface area contributed by atoms with Crippen LogP contribution in [0, 0.1) is 5.92 Å². The second-order valence-electron chi connectivity index (χ2n) is 8.55. The molecule has 0 aliphatic heterocycles. The monoisotopic (exact) mass is 452 g/mol. The van der Waals surface area contributed by atoms with Crippen molar-refractivity contribution in [1.29, 1.82) is 0 Å². The van der Waals surface area contributed by atoms with Crippen molar-refractivity contribution < 1.29 is 29.3 Å². The van der Waals surface area contributed by atoms with Gasteiger partial charge >= 0.3 is 12.1 Å². The van der Waals surface area contributed by atoms with Gasteiger partial charge in [-0.25, -0.2) is 9.59 Å². The minimum absolute atomic E-state index is 0.0357. The van der Waals surface area contributed by atoms with Crippen molar-refractivity contribution in [3.8, 4) is 11.1 Å². The van der Waals surface area contributed by atoms with Gasteiger partial charge in [0, 0.05) is 24.9 Å². The highest BCUT2D eigenvalue weighted by Crippen LogP contribution is 2.44. The van der Waals surface area contributed by atoms with Gasteiger partial charge in [0.05, 0.1) is 5.92 Å². The number of fused-ring (bicyclic) bond motifs is 3. The Morgan fingerprint density at radius 2 is 1.64 bits per heavy atom. The van der Waals surface area contributed by atoms with E-state index in [2.05, 4.69) is 34.9 Å². The van der Waals surface area contributed by atoms with Gasteiger partial charge in [0.1, 0.15) is 6.61 Å². The first-order valence-electron chi connectivity index (χ1n) is 11.3. The summed E-state index contributed by atoms with van der Waals surface area (Å²) in [6.07, 6.45) is -0.0455. The molecule has 4 N–H and O–H groups in total. The average Bonchev–Trinajstić information content (AvgIpc) is 3.40. The normalized spacial score (nSPS) is 19.9. The number of alkyl carbamates (subject to hydrolysis) is 1. The minimum atomic E-state index is -1.51. The number of carboxylic acids is 1. The third-order valence-corrected chi connectivity index (χ3v) is 6.50. The Balaban J connectivity index is 1.31. The summed E-state index contributed by atoms with van der Waals surface area (Å²) in [4.78, 5) is 35.7. The standard InChI is InChI=1S/C25H28N2O6/c28-22(24(30)31)12-13-26-23(29)19-10-5-11-21(19)27-25(32)33-14-20-17-8-3-1-6-15(17)16-7-2-4-9-18(16)20/h1-4,6-9,19-22,28H,5,10-14H2,(H,26,29)(H,27,32)(H,30,31)/t19-,21+,22?/m1/s1. The number of aliphatic carboxylic acids is 1. The number of carbonyl (C=O) groups is 3. The molecule has 1 unspecified atom stereocenters. The molecule has 0 radical (unpaired) electrons. The number of amides is 2. The van der Waals surface area contributed by atoms with E-state index in [-0.39, 0.29) is 37.4 Å². The summed E-state index contributed by atoms with van der Waals surface area (Å²) in [5.74, 6) is -2.02. The zero-order chi connectivity index (χ0) is 23.4. The van der Waals surface area contributed by atoms with Gasteiger partial charge in [-0.15, -0.1) is 0 Å². The van der Waals surface area contributed by atoms with E-state index in [0.29, 0.717) is 12.8 Å². The van der Waals surface area contributed by atoms with Crippen molar-refractivity contribution >= 4 is 18.0 Å². The van der Waals surface area contributed by atoms with Crippen LogP contribution in [0.4, 0.5) is 4.79 Å². The van der Waals surface area contributed by atoms with Gasteiger partial charge in [0.25, 0.3) is 0 Å². The minimum Gasteiger partial charge on any atom is -0.479 e. The number of benzene rings is 2. The highest BCUT2D eigenvalue weighted by Gasteiger charge is 2.35. The van der Waals surface area contributed by atoms with Crippen LogP contribution in [0.1, 0.15) is 42.7 Å². The number of rotatable bonds is 8. The van der Waals surface area contributed by atoms with Crippen LogP contribution in [0.15, 0.2) is 48.5 Å². The summed E-state index contributed by atoms with van der Waals surface area (Å²) in [6, 6.07) is 15.9. The number of aliphatic hydroxyl groups is 1. The fourth-order valence-corrected chi connectivity index (χ4v) is 4.82. The van der Waals surface area contributed by atoms with E-state index >= 15 is 0 Å². The van der Waals surface area contributed by atoms with Crippen LogP contribution in [0.5, 0.6) is 0 Å². The number of ether oxygens (including phenoxy) is 1. The first-order chi connectivity index (χ1) is 16.0. The quantitative estimate of drug-likeness (QED) is 0.488. The molecule has 0 saturated heterocycles. The van der Waals surface area contributed by atoms with Crippen LogP contribution in [0.25, 0.3) is 11.1 Å². The van der Waals surface area contributed by atoms with Crippen molar-refractivity contribution in [2.75, 3.05) is 13.2 Å². The molecule has 0 spiro atoms. The van der Waals surface area contributed by atoms with Crippen LogP contribution in [0.3, 0.4) is 0 Å². The lowest BCUT2D eigenvalue weighted by Gasteiger charge is -2.21. The number of nitrogens with one attached hydrogen (secondary N) is 2. The molecule has 4 rings (SSSR count). The van der Waals surface area contributed by atoms with Gasteiger partial charge < -0.3 is 25.6 Å². The maximum absolute atomic E-state index is 12.6. The number of hydrogen-bond donors (Lipinski definition) is 4. The van der Waals surface area contributed by atoms with Crippen molar-refractivity contribution in [3.05, 3.63) is 59.7 Å². The molecule has 2 aromatic carbocycles. The molecule has 8 heteroatoms. The fourth-order valence-electron chi connectivity index (χ4n) is 4.82. The molecule has 2 aliphatic carbocycles. The number of carbonyl (C=O) groups excluding carboxylic acids is 2. The molecule has 2 amide bonds. The van der Waals surface area contributed by atoms with E-state index < -0.39 is 24.1 Å². The molecule has 2 aromatic rings. The van der Waals surface area contributed by atoms with E-state index in [0.717, 1.165) is 28.7 Å². The second-order valence-corrected chi connectivity index (χ2v) is 8.55. The molecule has 0 heterocycles. The first kappa shape index (κ1) is 22.8. The fraction of sp³-hybridized carbons (Fsp3) is 0.400. The first-order valence-corrected chi connectivity index (χ1v) is 11.3. The summed E-state index contributed by atoms with van der Waals surface area (Å²) < 4.78 is 5.59. The van der Waals surface area contributed by atoms with Crippen LogP contribution in [-0.2, 0) is 14.3 Å². The molecule has 33 heavy (non-hydrogen) atoms.